The van der Waals surface area contributed by atoms with E-state index in [0.717, 1.165) is 4.90 Å². The topological polar surface area (TPSA) is 110 Å². The van der Waals surface area contributed by atoms with Crippen molar-refractivity contribution in [1.82, 2.24) is 0 Å². The van der Waals surface area contributed by atoms with Gasteiger partial charge in [0.05, 0.1) is 29.5 Å². The van der Waals surface area contributed by atoms with E-state index < -0.39 is 30.2 Å². The van der Waals surface area contributed by atoms with Crippen molar-refractivity contribution in [2.45, 2.75) is 0 Å². The van der Waals surface area contributed by atoms with Crippen molar-refractivity contribution >= 4 is 29.3 Å². The number of carbonyl (C=O) groups is 4. The molecule has 1 heterocycles. The Bertz CT molecular complexity index is 1230. The Kier molecular flexibility index (Phi) is 5.43. The summed E-state index contributed by atoms with van der Waals surface area (Å²) in [5, 5.41) is 9.42. The molecule has 0 atom stereocenters. The summed E-state index contributed by atoms with van der Waals surface area (Å²) in [7, 11) is 1.51. The first-order valence-electron chi connectivity index (χ1n) is 9.55. The lowest BCUT2D eigenvalue weighted by molar-refractivity contribution is 0.0474. The zero-order chi connectivity index (χ0) is 22.8. The van der Waals surface area contributed by atoms with Crippen molar-refractivity contribution in [3.63, 3.8) is 0 Å². The van der Waals surface area contributed by atoms with E-state index >= 15 is 0 Å². The van der Waals surface area contributed by atoms with Crippen molar-refractivity contribution in [2.75, 3.05) is 18.6 Å². The van der Waals surface area contributed by atoms with Crippen LogP contribution in [-0.2, 0) is 4.74 Å². The van der Waals surface area contributed by atoms with Gasteiger partial charge in [-0.05, 0) is 66.7 Å². The maximum absolute atomic E-state index is 12.8. The molecule has 0 saturated carbocycles. The van der Waals surface area contributed by atoms with Gasteiger partial charge in [0, 0.05) is 5.56 Å². The number of amides is 2. The molecule has 32 heavy (non-hydrogen) atoms. The number of imide groups is 1. The summed E-state index contributed by atoms with van der Waals surface area (Å²) in [6, 6.07) is 16.0. The second kappa shape index (κ2) is 8.35. The molecule has 1 N–H and O–H groups in total. The number of esters is 1. The van der Waals surface area contributed by atoms with Gasteiger partial charge in [0.15, 0.2) is 12.4 Å². The Morgan fingerprint density at radius 2 is 1.47 bits per heavy atom. The predicted octanol–water partition coefficient (Wildman–Crippen LogP) is 3.24. The monoisotopic (exact) mass is 431 g/mol. The minimum atomic E-state index is -0.794. The number of ether oxygens (including phenoxy) is 2. The van der Waals surface area contributed by atoms with E-state index in [9.17, 15) is 24.3 Å². The maximum atomic E-state index is 12.8. The van der Waals surface area contributed by atoms with Crippen LogP contribution in [-0.4, -0.2) is 42.4 Å². The Balaban J connectivity index is 1.48. The molecular weight excluding hydrogens is 414 g/mol. The summed E-state index contributed by atoms with van der Waals surface area (Å²) in [5.41, 5.74) is 0.897. The van der Waals surface area contributed by atoms with Crippen LogP contribution in [0.2, 0.25) is 0 Å². The molecule has 4 rings (SSSR count). The van der Waals surface area contributed by atoms with Crippen LogP contribution < -0.4 is 9.64 Å². The summed E-state index contributed by atoms with van der Waals surface area (Å²) >= 11 is 0. The number of carbonyl (C=O) groups excluding carboxylic acids is 4. The molecule has 8 nitrogen and oxygen atoms in total. The van der Waals surface area contributed by atoms with E-state index in [-0.39, 0.29) is 22.4 Å². The van der Waals surface area contributed by atoms with Crippen molar-refractivity contribution < 1.29 is 33.8 Å². The van der Waals surface area contributed by atoms with Gasteiger partial charge in [0.1, 0.15) is 11.5 Å². The first-order valence-corrected chi connectivity index (χ1v) is 9.55. The predicted molar refractivity (Wildman–Crippen MR) is 113 cm³/mol. The van der Waals surface area contributed by atoms with Crippen LogP contribution in [0, 0.1) is 0 Å². The maximum Gasteiger partial charge on any atom is 0.338 e. The highest BCUT2D eigenvalue weighted by Gasteiger charge is 2.37. The number of benzene rings is 3. The van der Waals surface area contributed by atoms with E-state index in [0.29, 0.717) is 17.0 Å². The van der Waals surface area contributed by atoms with Crippen LogP contribution in [0.1, 0.15) is 41.4 Å². The van der Waals surface area contributed by atoms with Crippen molar-refractivity contribution in [2.24, 2.45) is 0 Å². The van der Waals surface area contributed by atoms with E-state index in [1.165, 1.54) is 49.6 Å². The molecule has 0 fully saturated rings. The first-order chi connectivity index (χ1) is 15.4. The lowest BCUT2D eigenvalue weighted by Crippen LogP contribution is -2.29. The van der Waals surface area contributed by atoms with Crippen molar-refractivity contribution in [1.29, 1.82) is 0 Å². The average Bonchev–Trinajstić information content (AvgIpc) is 3.07. The van der Waals surface area contributed by atoms with Gasteiger partial charge >= 0.3 is 5.97 Å². The molecule has 1 aliphatic rings. The first kappa shape index (κ1) is 20.8. The molecule has 0 aromatic heterocycles. The minimum absolute atomic E-state index is 0.000391. The van der Waals surface area contributed by atoms with Gasteiger partial charge in [0.2, 0.25) is 0 Å². The molecule has 0 unspecified atom stereocenters. The van der Waals surface area contributed by atoms with Crippen LogP contribution in [0.15, 0.2) is 66.7 Å². The Hall–Kier alpha value is -4.46. The van der Waals surface area contributed by atoms with Gasteiger partial charge in [-0.25, -0.2) is 9.69 Å². The highest BCUT2D eigenvalue weighted by atomic mass is 16.5. The van der Waals surface area contributed by atoms with Crippen molar-refractivity contribution in [3.05, 3.63) is 89.0 Å². The molecule has 2 amide bonds. The summed E-state index contributed by atoms with van der Waals surface area (Å²) in [5.74, 6) is -1.73. The highest BCUT2D eigenvalue weighted by Crippen LogP contribution is 2.30. The number of rotatable bonds is 6. The second-order valence-corrected chi connectivity index (χ2v) is 6.95. The average molecular weight is 431 g/mol. The molecule has 0 aliphatic carbocycles. The van der Waals surface area contributed by atoms with E-state index in [1.54, 1.807) is 24.3 Å². The third-order valence-corrected chi connectivity index (χ3v) is 4.98. The smallest absolute Gasteiger partial charge is 0.338 e. The molecule has 160 valence electrons. The number of hydrogen-bond acceptors (Lipinski definition) is 7. The number of phenols is 1. The van der Waals surface area contributed by atoms with Crippen LogP contribution in [0.25, 0.3) is 0 Å². The zero-order valence-corrected chi connectivity index (χ0v) is 16.9. The number of ketones is 1. The SMILES string of the molecule is COc1ccc(C(=O)COC(=O)c2ccc3c(c2)C(=O)N(c2ccc(O)cc2)C3=O)cc1. The van der Waals surface area contributed by atoms with E-state index in [1.807, 2.05) is 0 Å². The van der Waals surface area contributed by atoms with Gasteiger partial charge < -0.3 is 14.6 Å². The number of fused-ring (bicyclic) bond motifs is 1. The van der Waals surface area contributed by atoms with Gasteiger partial charge in [-0.2, -0.15) is 0 Å². The van der Waals surface area contributed by atoms with Crippen molar-refractivity contribution in [3.8, 4) is 11.5 Å². The third kappa shape index (κ3) is 3.81. The lowest BCUT2D eigenvalue weighted by Gasteiger charge is -2.13. The lowest BCUT2D eigenvalue weighted by atomic mass is 10.1. The molecule has 1 aliphatic heterocycles. The minimum Gasteiger partial charge on any atom is -0.508 e. The largest absolute Gasteiger partial charge is 0.508 e. The molecule has 0 saturated heterocycles. The number of anilines is 1. The third-order valence-electron chi connectivity index (χ3n) is 4.98. The van der Waals surface area contributed by atoms with Crippen LogP contribution in [0.3, 0.4) is 0 Å². The fourth-order valence-electron chi connectivity index (χ4n) is 3.28. The summed E-state index contributed by atoms with van der Waals surface area (Å²) in [6.45, 7) is -0.477. The number of Topliss-reactive ketones (excluding diaryl/α,β-unsaturated/α-hetero) is 1. The fourth-order valence-corrected chi connectivity index (χ4v) is 3.28. The fraction of sp³-hybridized carbons (Fsp3) is 0.0833. The van der Waals surface area contributed by atoms with E-state index in [2.05, 4.69) is 0 Å². The number of nitrogens with zero attached hydrogens (tertiary/aromatic N) is 1. The van der Waals surface area contributed by atoms with Gasteiger partial charge in [-0.3, -0.25) is 14.4 Å². The summed E-state index contributed by atoms with van der Waals surface area (Å²) in [4.78, 5) is 51.1. The molecule has 3 aromatic rings. The number of methoxy groups -OCH3 is 1. The Morgan fingerprint density at radius 3 is 2.12 bits per heavy atom. The Labute approximate surface area is 182 Å². The van der Waals surface area contributed by atoms with Gasteiger partial charge in [0.25, 0.3) is 11.8 Å². The number of aromatic hydroxyl groups is 1. The number of hydrogen-bond donors (Lipinski definition) is 1. The van der Waals surface area contributed by atoms with Crippen LogP contribution in [0.4, 0.5) is 5.69 Å². The standard InChI is InChI=1S/C24H17NO7/c1-31-18-9-2-14(3-10-18)21(27)13-32-24(30)15-4-11-19-20(12-15)23(29)25(22(19)28)16-5-7-17(26)8-6-16/h2-12,26H,13H2,1H3. The second-order valence-electron chi connectivity index (χ2n) is 6.95. The van der Waals surface area contributed by atoms with Gasteiger partial charge in [-0.1, -0.05) is 0 Å². The normalized spacial score (nSPS) is 12.5. The highest BCUT2D eigenvalue weighted by molar-refractivity contribution is 6.34. The zero-order valence-electron chi connectivity index (χ0n) is 16.9. The number of phenolic OH excluding ortho intramolecular Hbond substituents is 1. The quantitative estimate of drug-likeness (QED) is 0.362. The van der Waals surface area contributed by atoms with E-state index in [4.69, 9.17) is 9.47 Å². The van der Waals surface area contributed by atoms with Crippen LogP contribution in [0.5, 0.6) is 11.5 Å². The summed E-state index contributed by atoms with van der Waals surface area (Å²) < 4.78 is 10.1. The molecule has 0 radical (unpaired) electrons. The molecule has 3 aromatic carbocycles. The molecule has 8 heteroatoms. The molecule has 0 spiro atoms. The van der Waals surface area contributed by atoms with Crippen LogP contribution >= 0.6 is 0 Å². The molecular formula is C24H17NO7. The van der Waals surface area contributed by atoms with Gasteiger partial charge in [-0.15, -0.1) is 0 Å². The summed E-state index contributed by atoms with van der Waals surface area (Å²) in [6.07, 6.45) is 0. The Morgan fingerprint density at radius 1 is 0.844 bits per heavy atom. The molecule has 0 bridgehead atoms.